The summed E-state index contributed by atoms with van der Waals surface area (Å²) in [6.45, 7) is 2.57. The van der Waals surface area contributed by atoms with Gasteiger partial charge >= 0.3 is 5.97 Å². The fourth-order valence-electron chi connectivity index (χ4n) is 1.44. The second-order valence-corrected chi connectivity index (χ2v) is 4.63. The zero-order chi connectivity index (χ0) is 12.7. The monoisotopic (exact) mass is 300 g/mol. The molecule has 1 aromatic carbocycles. The number of esters is 1. The minimum absolute atomic E-state index is 0.318. The summed E-state index contributed by atoms with van der Waals surface area (Å²) in [5, 5.41) is 0. The van der Waals surface area contributed by atoms with Gasteiger partial charge in [0.2, 0.25) is 0 Å². The molecule has 0 aliphatic rings. The van der Waals surface area contributed by atoms with Gasteiger partial charge in [0.1, 0.15) is 0 Å². The third-order valence-electron chi connectivity index (χ3n) is 2.32. The fraction of sp³-hybridized carbons (Fsp3) is 0.462. The minimum Gasteiger partial charge on any atom is -0.467 e. The zero-order valence-corrected chi connectivity index (χ0v) is 11.7. The summed E-state index contributed by atoms with van der Waals surface area (Å²) in [5.74, 6) is -0.318. The van der Waals surface area contributed by atoms with Crippen molar-refractivity contribution in [2.24, 2.45) is 0 Å². The maximum absolute atomic E-state index is 11.5. The van der Waals surface area contributed by atoms with Crippen molar-refractivity contribution in [1.82, 2.24) is 0 Å². The number of rotatable bonds is 6. The van der Waals surface area contributed by atoms with Gasteiger partial charge in [-0.2, -0.15) is 0 Å². The lowest BCUT2D eigenvalue weighted by atomic mass is 10.1. The summed E-state index contributed by atoms with van der Waals surface area (Å²) in [6, 6.07) is 7.83. The van der Waals surface area contributed by atoms with Crippen LogP contribution >= 0.6 is 15.9 Å². The van der Waals surface area contributed by atoms with Gasteiger partial charge in [-0.1, -0.05) is 35.0 Å². The first kappa shape index (κ1) is 14.2. The Balaban J connectivity index is 2.64. The molecule has 0 aliphatic carbocycles. The summed E-state index contributed by atoms with van der Waals surface area (Å²) in [4.78, 5) is 11.5. The number of methoxy groups -OCH3 is 1. The van der Waals surface area contributed by atoms with Crippen molar-refractivity contribution in [3.63, 3.8) is 0 Å². The second-order valence-electron chi connectivity index (χ2n) is 3.71. The van der Waals surface area contributed by atoms with E-state index in [0.29, 0.717) is 13.0 Å². The summed E-state index contributed by atoms with van der Waals surface area (Å²) in [5.41, 5.74) is 1.06. The van der Waals surface area contributed by atoms with Crippen LogP contribution < -0.4 is 0 Å². The average molecular weight is 301 g/mol. The van der Waals surface area contributed by atoms with Crippen molar-refractivity contribution in [1.29, 1.82) is 0 Å². The van der Waals surface area contributed by atoms with Crippen LogP contribution in [0.3, 0.4) is 0 Å². The van der Waals surface area contributed by atoms with Crippen LogP contribution in [0.4, 0.5) is 0 Å². The summed E-state index contributed by atoms with van der Waals surface area (Å²) in [7, 11) is 1.38. The van der Waals surface area contributed by atoms with Crippen LogP contribution in [0, 0.1) is 0 Å². The summed E-state index contributed by atoms with van der Waals surface area (Å²) >= 11 is 3.37. The molecule has 1 atom stereocenters. The Morgan fingerprint density at radius 3 is 2.53 bits per heavy atom. The molecule has 1 aromatic rings. The van der Waals surface area contributed by atoms with Gasteiger partial charge in [-0.25, -0.2) is 4.79 Å². The molecule has 3 nitrogen and oxygen atoms in total. The van der Waals surface area contributed by atoms with Crippen molar-refractivity contribution in [2.45, 2.75) is 25.9 Å². The standard InChI is InChI=1S/C13H17BrO3/c1-3-8-17-12(13(15)16-2)9-10-4-6-11(14)7-5-10/h4-7,12H,3,8-9H2,1-2H3. The molecule has 17 heavy (non-hydrogen) atoms. The van der Waals surface area contributed by atoms with E-state index in [1.165, 1.54) is 7.11 Å². The highest BCUT2D eigenvalue weighted by molar-refractivity contribution is 9.10. The van der Waals surface area contributed by atoms with E-state index < -0.39 is 6.10 Å². The lowest BCUT2D eigenvalue weighted by Gasteiger charge is -2.15. The van der Waals surface area contributed by atoms with E-state index in [1.807, 2.05) is 31.2 Å². The van der Waals surface area contributed by atoms with E-state index in [9.17, 15) is 4.79 Å². The van der Waals surface area contributed by atoms with Gasteiger partial charge < -0.3 is 9.47 Å². The van der Waals surface area contributed by atoms with Gasteiger partial charge in [0.15, 0.2) is 6.10 Å². The van der Waals surface area contributed by atoms with Crippen molar-refractivity contribution >= 4 is 21.9 Å². The van der Waals surface area contributed by atoms with Crippen molar-refractivity contribution < 1.29 is 14.3 Å². The Bertz CT molecular complexity index is 348. The summed E-state index contributed by atoms with van der Waals surface area (Å²) < 4.78 is 11.2. The first-order valence-electron chi connectivity index (χ1n) is 5.61. The van der Waals surface area contributed by atoms with Gasteiger partial charge in [0.05, 0.1) is 7.11 Å². The topological polar surface area (TPSA) is 35.5 Å². The Morgan fingerprint density at radius 1 is 1.35 bits per heavy atom. The molecule has 0 fully saturated rings. The molecule has 0 saturated heterocycles. The highest BCUT2D eigenvalue weighted by atomic mass is 79.9. The maximum atomic E-state index is 11.5. The predicted octanol–water partition coefficient (Wildman–Crippen LogP) is 2.96. The molecule has 1 unspecified atom stereocenters. The molecule has 0 radical (unpaired) electrons. The summed E-state index contributed by atoms with van der Waals surface area (Å²) in [6.07, 6.45) is 0.912. The van der Waals surface area contributed by atoms with Gasteiger partial charge in [-0.3, -0.25) is 0 Å². The number of benzene rings is 1. The second kappa shape index (κ2) is 7.45. The SMILES string of the molecule is CCCOC(Cc1ccc(Br)cc1)C(=O)OC. The van der Waals surface area contributed by atoms with Crippen LogP contribution in [0.25, 0.3) is 0 Å². The number of hydrogen-bond donors (Lipinski definition) is 0. The van der Waals surface area contributed by atoms with E-state index in [2.05, 4.69) is 15.9 Å². The first-order valence-corrected chi connectivity index (χ1v) is 6.40. The molecule has 0 amide bonds. The normalized spacial score (nSPS) is 12.2. The van der Waals surface area contributed by atoms with Gasteiger partial charge in [-0.05, 0) is 24.1 Å². The molecular formula is C13H17BrO3. The fourth-order valence-corrected chi connectivity index (χ4v) is 1.70. The number of carbonyl (C=O) groups is 1. The molecule has 0 bridgehead atoms. The highest BCUT2D eigenvalue weighted by Gasteiger charge is 2.19. The van der Waals surface area contributed by atoms with Crippen LogP contribution in [0.1, 0.15) is 18.9 Å². The quantitative estimate of drug-likeness (QED) is 0.758. The third-order valence-corrected chi connectivity index (χ3v) is 2.85. The average Bonchev–Trinajstić information content (AvgIpc) is 2.36. The Kier molecular flexibility index (Phi) is 6.22. The Hall–Kier alpha value is -0.870. The van der Waals surface area contributed by atoms with Crippen molar-refractivity contribution in [2.75, 3.05) is 13.7 Å². The smallest absolute Gasteiger partial charge is 0.335 e. The van der Waals surface area contributed by atoms with Crippen LogP contribution in [0.5, 0.6) is 0 Å². The van der Waals surface area contributed by atoms with E-state index >= 15 is 0 Å². The number of halogens is 1. The molecule has 0 aliphatic heterocycles. The van der Waals surface area contributed by atoms with E-state index in [0.717, 1.165) is 16.5 Å². The molecule has 0 heterocycles. The molecular weight excluding hydrogens is 284 g/mol. The number of carbonyl (C=O) groups excluding carboxylic acids is 1. The maximum Gasteiger partial charge on any atom is 0.335 e. The van der Waals surface area contributed by atoms with E-state index in [4.69, 9.17) is 9.47 Å². The van der Waals surface area contributed by atoms with Crippen LogP contribution in [-0.4, -0.2) is 25.8 Å². The van der Waals surface area contributed by atoms with Crippen molar-refractivity contribution in [3.05, 3.63) is 34.3 Å². The molecule has 0 aromatic heterocycles. The van der Waals surface area contributed by atoms with E-state index in [1.54, 1.807) is 0 Å². The molecule has 0 spiro atoms. The number of hydrogen-bond acceptors (Lipinski definition) is 3. The molecule has 1 rings (SSSR count). The van der Waals surface area contributed by atoms with Gasteiger partial charge in [0, 0.05) is 17.5 Å². The van der Waals surface area contributed by atoms with Crippen molar-refractivity contribution in [3.8, 4) is 0 Å². The Labute approximate surface area is 110 Å². The minimum atomic E-state index is -0.513. The first-order chi connectivity index (χ1) is 8.17. The van der Waals surface area contributed by atoms with Crippen LogP contribution in [0.15, 0.2) is 28.7 Å². The lowest BCUT2D eigenvalue weighted by molar-refractivity contribution is -0.154. The molecule has 4 heteroatoms. The molecule has 0 N–H and O–H groups in total. The number of ether oxygens (including phenoxy) is 2. The molecule has 94 valence electrons. The van der Waals surface area contributed by atoms with Gasteiger partial charge in [-0.15, -0.1) is 0 Å². The van der Waals surface area contributed by atoms with Crippen LogP contribution in [0.2, 0.25) is 0 Å². The van der Waals surface area contributed by atoms with Crippen LogP contribution in [-0.2, 0) is 20.7 Å². The highest BCUT2D eigenvalue weighted by Crippen LogP contribution is 2.13. The lowest BCUT2D eigenvalue weighted by Crippen LogP contribution is -2.28. The third kappa shape index (κ3) is 4.88. The predicted molar refractivity (Wildman–Crippen MR) is 69.9 cm³/mol. The largest absolute Gasteiger partial charge is 0.467 e. The van der Waals surface area contributed by atoms with E-state index in [-0.39, 0.29) is 5.97 Å². The Morgan fingerprint density at radius 2 is 2.00 bits per heavy atom. The zero-order valence-electron chi connectivity index (χ0n) is 10.1. The van der Waals surface area contributed by atoms with Gasteiger partial charge in [0.25, 0.3) is 0 Å². The molecule has 0 saturated carbocycles.